The summed E-state index contributed by atoms with van der Waals surface area (Å²) in [6.45, 7) is 3.81. The average molecular weight is 617 g/mol. The third-order valence-corrected chi connectivity index (χ3v) is 10.9. The summed E-state index contributed by atoms with van der Waals surface area (Å²) in [6, 6.07) is 4.18. The number of halogens is 4. The molecule has 2 fully saturated rings. The molecule has 2 aromatic rings. The summed E-state index contributed by atoms with van der Waals surface area (Å²) >= 11 is 6.27. The van der Waals surface area contributed by atoms with Crippen LogP contribution in [0.1, 0.15) is 49.9 Å². The van der Waals surface area contributed by atoms with Crippen LogP contribution in [-0.2, 0) is 19.4 Å². The maximum atomic E-state index is 13.8. The van der Waals surface area contributed by atoms with Gasteiger partial charge in [-0.3, -0.25) is 9.59 Å². The van der Waals surface area contributed by atoms with Crippen molar-refractivity contribution in [1.82, 2.24) is 5.32 Å². The molecule has 2 aliphatic carbocycles. The summed E-state index contributed by atoms with van der Waals surface area (Å²) in [4.78, 5) is 24.7. The summed E-state index contributed by atoms with van der Waals surface area (Å²) in [6.07, 6.45) is 1.53. The Morgan fingerprint density at radius 2 is 1.68 bits per heavy atom. The zero-order chi connectivity index (χ0) is 30.3. The molecule has 2 aliphatic rings. The van der Waals surface area contributed by atoms with E-state index >= 15 is 0 Å². The van der Waals surface area contributed by atoms with Crippen LogP contribution in [0.25, 0.3) is 0 Å². The monoisotopic (exact) mass is 616 g/mol. The quantitative estimate of drug-likeness (QED) is 0.280. The number of hydrogen-bond donors (Lipinski definition) is 3. The van der Waals surface area contributed by atoms with Crippen LogP contribution >= 0.6 is 11.6 Å². The molecule has 2 bridgehead atoms. The minimum Gasteiger partial charge on any atom is -0.468 e. The Hall–Kier alpha value is -2.67. The largest absolute Gasteiger partial charge is 0.468 e. The van der Waals surface area contributed by atoms with Gasteiger partial charge < -0.3 is 20.5 Å². The molecule has 3 N–H and O–H groups in total. The molecule has 0 saturated heterocycles. The van der Waals surface area contributed by atoms with Gasteiger partial charge in [0.1, 0.15) is 6.04 Å². The van der Waals surface area contributed by atoms with Crippen LogP contribution in [0.2, 0.25) is 5.02 Å². The Balaban J connectivity index is 1.52. The highest BCUT2D eigenvalue weighted by Crippen LogP contribution is 2.52. The lowest BCUT2D eigenvalue weighted by atomic mass is 9.74. The fraction of sp³-hybridized carbons (Fsp3) is 0.500. The van der Waals surface area contributed by atoms with Gasteiger partial charge in [0.05, 0.1) is 27.9 Å². The van der Waals surface area contributed by atoms with Crippen molar-refractivity contribution in [3.63, 3.8) is 0 Å². The first-order valence-corrected chi connectivity index (χ1v) is 15.1. The summed E-state index contributed by atoms with van der Waals surface area (Å²) in [7, 11) is -2.77. The fourth-order valence-corrected chi connectivity index (χ4v) is 8.42. The number of benzene rings is 2. The number of rotatable bonds is 9. The molecule has 0 spiro atoms. The van der Waals surface area contributed by atoms with E-state index in [9.17, 15) is 36.3 Å². The molecule has 4 rings (SSSR count). The molecule has 13 heteroatoms. The lowest BCUT2D eigenvalue weighted by Crippen LogP contribution is -2.57. The van der Waals surface area contributed by atoms with E-state index in [2.05, 4.69) is 10.6 Å². The van der Waals surface area contributed by atoms with Crippen molar-refractivity contribution >= 4 is 39.0 Å². The van der Waals surface area contributed by atoms with Gasteiger partial charge in [0, 0.05) is 29.9 Å². The number of esters is 1. The molecule has 8 nitrogen and oxygen atoms in total. The molecular formula is C28H32ClF3N2O6S. The zero-order valence-corrected chi connectivity index (χ0v) is 24.3. The number of hydrogen-bond acceptors (Lipinski definition) is 7. The predicted octanol–water partition coefficient (Wildman–Crippen LogP) is 4.49. The Bertz CT molecular complexity index is 1420. The van der Waals surface area contributed by atoms with Gasteiger partial charge in [-0.2, -0.15) is 0 Å². The molecule has 1 unspecified atom stereocenters. The molecule has 2 aromatic carbocycles. The van der Waals surface area contributed by atoms with Crippen LogP contribution in [0.3, 0.4) is 0 Å². The second-order valence-electron chi connectivity index (χ2n) is 11.1. The number of fused-ring (bicyclic) bond motifs is 2. The zero-order valence-electron chi connectivity index (χ0n) is 22.7. The number of anilines is 1. The number of aliphatic hydroxyl groups is 1. The SMILES string of the molecule is COC(=O)[C@@H](NC[C@@]1(O)C2CC[C@H]1C[C@H](S(=O)(=O)c1cc(C(=O)Nc3cc(F)c(F)c(F)c3)ccc1Cl)C2)C(C)C. The van der Waals surface area contributed by atoms with E-state index < -0.39 is 56.1 Å². The predicted molar refractivity (Wildman–Crippen MR) is 146 cm³/mol. The van der Waals surface area contributed by atoms with Gasteiger partial charge in [-0.15, -0.1) is 0 Å². The molecule has 0 aromatic heterocycles. The number of nitrogens with one attached hydrogen (secondary N) is 2. The molecular weight excluding hydrogens is 585 g/mol. The minimum absolute atomic E-state index is 0.0897. The molecule has 0 radical (unpaired) electrons. The second-order valence-corrected chi connectivity index (χ2v) is 13.7. The molecule has 1 amide bonds. The summed E-state index contributed by atoms with van der Waals surface area (Å²) < 4.78 is 72.8. The maximum Gasteiger partial charge on any atom is 0.323 e. The lowest BCUT2D eigenvalue weighted by molar-refractivity contribution is -0.145. The Kier molecular flexibility index (Phi) is 9.08. The van der Waals surface area contributed by atoms with E-state index in [1.165, 1.54) is 19.2 Å². The lowest BCUT2D eigenvalue weighted by Gasteiger charge is -2.43. The molecule has 0 heterocycles. The van der Waals surface area contributed by atoms with Gasteiger partial charge in [-0.1, -0.05) is 25.4 Å². The normalized spacial score (nSPS) is 24.8. The number of sulfone groups is 1. The average Bonchev–Trinajstić information content (AvgIpc) is 3.06. The second kappa shape index (κ2) is 11.9. The first kappa shape index (κ1) is 31.3. The van der Waals surface area contributed by atoms with Crippen LogP contribution in [-0.4, -0.2) is 55.9 Å². The van der Waals surface area contributed by atoms with E-state index in [4.69, 9.17) is 16.3 Å². The Labute approximate surface area is 241 Å². The van der Waals surface area contributed by atoms with Crippen molar-refractivity contribution in [2.75, 3.05) is 19.0 Å². The van der Waals surface area contributed by atoms with Crippen LogP contribution < -0.4 is 10.6 Å². The smallest absolute Gasteiger partial charge is 0.323 e. The van der Waals surface area contributed by atoms with Crippen molar-refractivity contribution in [3.8, 4) is 0 Å². The van der Waals surface area contributed by atoms with E-state index in [0.29, 0.717) is 25.0 Å². The highest BCUT2D eigenvalue weighted by atomic mass is 35.5. The van der Waals surface area contributed by atoms with E-state index in [1.807, 2.05) is 13.8 Å². The first-order chi connectivity index (χ1) is 19.2. The van der Waals surface area contributed by atoms with Gasteiger partial charge in [-0.05, 0) is 61.6 Å². The number of ether oxygens (including phenoxy) is 1. The maximum absolute atomic E-state index is 13.8. The van der Waals surface area contributed by atoms with Gasteiger partial charge in [0.15, 0.2) is 27.3 Å². The van der Waals surface area contributed by atoms with Crippen LogP contribution in [0.4, 0.5) is 18.9 Å². The number of carbonyl (C=O) groups excluding carboxylic acids is 2. The van der Waals surface area contributed by atoms with E-state index in [0.717, 1.165) is 6.07 Å². The minimum atomic E-state index is -4.07. The standard InChI is InChI=1S/C28H32ClF3N2O6S/c1-14(2)25(27(36)40-3)33-13-28(37)16-5-6-17(28)10-19(9-16)41(38,39)23-8-15(4-7-20(23)29)26(35)34-18-11-21(30)24(32)22(31)12-18/h4,7-8,11-12,14,16-17,19,25,33,37H,5-6,9-10,13H2,1-3H3,(H,34,35)/t16-,17?,19-,25-,28-/m0/s1. The first-order valence-electron chi connectivity index (χ1n) is 13.2. The number of amides is 1. The van der Waals surface area contributed by atoms with Crippen molar-refractivity contribution in [1.29, 1.82) is 0 Å². The van der Waals surface area contributed by atoms with Crippen LogP contribution in [0.15, 0.2) is 35.2 Å². The molecule has 41 heavy (non-hydrogen) atoms. The molecule has 2 saturated carbocycles. The van der Waals surface area contributed by atoms with E-state index in [-0.39, 0.29) is 58.3 Å². The van der Waals surface area contributed by atoms with Crippen molar-refractivity contribution in [2.24, 2.45) is 17.8 Å². The fourth-order valence-electron chi connectivity index (χ4n) is 6.02. The van der Waals surface area contributed by atoms with Gasteiger partial charge in [0.25, 0.3) is 5.91 Å². The van der Waals surface area contributed by atoms with Crippen molar-refractivity contribution in [3.05, 3.63) is 58.4 Å². The third kappa shape index (κ3) is 6.11. The molecule has 5 atom stereocenters. The van der Waals surface area contributed by atoms with Crippen LogP contribution in [0.5, 0.6) is 0 Å². The number of carbonyl (C=O) groups is 2. The highest BCUT2D eigenvalue weighted by molar-refractivity contribution is 7.92. The van der Waals surface area contributed by atoms with Crippen molar-refractivity contribution < 1.29 is 41.0 Å². The van der Waals surface area contributed by atoms with E-state index in [1.54, 1.807) is 0 Å². The molecule has 224 valence electrons. The van der Waals surface area contributed by atoms with Crippen molar-refractivity contribution in [2.45, 2.75) is 61.3 Å². The van der Waals surface area contributed by atoms with Gasteiger partial charge in [-0.25, -0.2) is 21.6 Å². The Morgan fingerprint density at radius 1 is 1.10 bits per heavy atom. The third-order valence-electron chi connectivity index (χ3n) is 8.28. The van der Waals surface area contributed by atoms with Crippen LogP contribution in [0, 0.1) is 35.2 Å². The summed E-state index contributed by atoms with van der Waals surface area (Å²) in [5, 5.41) is 16.0. The topological polar surface area (TPSA) is 122 Å². The number of methoxy groups -OCH3 is 1. The molecule has 0 aliphatic heterocycles. The van der Waals surface area contributed by atoms with Gasteiger partial charge >= 0.3 is 5.97 Å². The van der Waals surface area contributed by atoms with Gasteiger partial charge in [0.2, 0.25) is 0 Å². The summed E-state index contributed by atoms with van der Waals surface area (Å²) in [5.41, 5.74) is -1.70. The summed E-state index contributed by atoms with van der Waals surface area (Å²) in [5.74, 6) is -6.79. The highest BCUT2D eigenvalue weighted by Gasteiger charge is 2.55. The Morgan fingerprint density at radius 3 is 2.22 bits per heavy atom.